The first-order chi connectivity index (χ1) is 6.92. The molecule has 0 bridgehead atoms. The second-order valence-electron chi connectivity index (χ2n) is 4.90. The molecular formula is C14H17N. The second-order valence-corrected chi connectivity index (χ2v) is 4.90. The highest BCUT2D eigenvalue weighted by atomic mass is 14.3. The summed E-state index contributed by atoms with van der Waals surface area (Å²) in [6.45, 7) is 8.33. The van der Waals surface area contributed by atoms with Crippen molar-refractivity contribution in [3.8, 4) is 6.07 Å². The Morgan fingerprint density at radius 3 is 2.13 bits per heavy atom. The van der Waals surface area contributed by atoms with Crippen LogP contribution in [0, 0.1) is 23.7 Å². The molecule has 0 spiro atoms. The van der Waals surface area contributed by atoms with Crippen LogP contribution in [0.15, 0.2) is 30.3 Å². The van der Waals surface area contributed by atoms with Crippen LogP contribution in [0.2, 0.25) is 0 Å². The minimum Gasteiger partial charge on any atom is -0.192 e. The van der Waals surface area contributed by atoms with Gasteiger partial charge < -0.3 is 0 Å². The molecule has 0 saturated heterocycles. The molecule has 0 amide bonds. The summed E-state index contributed by atoms with van der Waals surface area (Å²) < 4.78 is 0. The summed E-state index contributed by atoms with van der Waals surface area (Å²) in [4.78, 5) is 0. The zero-order chi connectivity index (χ0) is 11.5. The van der Waals surface area contributed by atoms with Crippen molar-refractivity contribution in [2.45, 2.75) is 27.7 Å². The molecule has 1 rings (SSSR count). The van der Waals surface area contributed by atoms with Gasteiger partial charge >= 0.3 is 0 Å². The zero-order valence-electron chi connectivity index (χ0n) is 9.83. The van der Waals surface area contributed by atoms with E-state index in [9.17, 15) is 0 Å². The highest BCUT2D eigenvalue weighted by Gasteiger charge is 2.09. The number of hydrogen-bond donors (Lipinski definition) is 0. The fourth-order valence-electron chi connectivity index (χ4n) is 1.35. The van der Waals surface area contributed by atoms with E-state index in [0.717, 1.165) is 11.1 Å². The largest absolute Gasteiger partial charge is 0.192 e. The van der Waals surface area contributed by atoms with Crippen LogP contribution >= 0.6 is 0 Å². The van der Waals surface area contributed by atoms with Gasteiger partial charge in [-0.25, -0.2) is 0 Å². The molecule has 0 heterocycles. The number of nitrogens with zero attached hydrogens (tertiary/aromatic N) is 1. The molecule has 0 fully saturated rings. The van der Waals surface area contributed by atoms with Gasteiger partial charge in [0, 0.05) is 0 Å². The average molecular weight is 199 g/mol. The predicted octanol–water partition coefficient (Wildman–Crippen LogP) is 3.95. The van der Waals surface area contributed by atoms with Gasteiger partial charge in [0.25, 0.3) is 0 Å². The third kappa shape index (κ3) is 3.59. The van der Waals surface area contributed by atoms with Crippen molar-refractivity contribution in [1.82, 2.24) is 0 Å². The molecule has 0 saturated carbocycles. The molecule has 0 unspecified atom stereocenters. The van der Waals surface area contributed by atoms with Crippen LogP contribution in [0.25, 0.3) is 5.57 Å². The standard InChI is InChI=1S/C14H17N/c1-11-5-7-12(8-6-11)13(10-15)9-14(2,3)4/h5-9H,1-4H3/b13-9-. The van der Waals surface area contributed by atoms with Crippen molar-refractivity contribution in [2.75, 3.05) is 0 Å². The highest BCUT2D eigenvalue weighted by Crippen LogP contribution is 2.23. The summed E-state index contributed by atoms with van der Waals surface area (Å²) in [7, 11) is 0. The Bertz CT molecular complexity index is 396. The monoisotopic (exact) mass is 199 g/mol. The number of benzene rings is 1. The SMILES string of the molecule is Cc1ccc(/C(C#N)=C\C(C)(C)C)cc1. The van der Waals surface area contributed by atoms with E-state index in [0.29, 0.717) is 0 Å². The lowest BCUT2D eigenvalue weighted by molar-refractivity contribution is 0.546. The van der Waals surface area contributed by atoms with Crippen LogP contribution in [-0.2, 0) is 0 Å². The topological polar surface area (TPSA) is 23.8 Å². The Morgan fingerprint density at radius 1 is 1.20 bits per heavy atom. The molecule has 1 aromatic rings. The molecule has 0 N–H and O–H groups in total. The Kier molecular flexibility index (Phi) is 3.31. The summed E-state index contributed by atoms with van der Waals surface area (Å²) in [5, 5.41) is 9.09. The van der Waals surface area contributed by atoms with Gasteiger partial charge in [-0.1, -0.05) is 56.7 Å². The van der Waals surface area contributed by atoms with E-state index in [4.69, 9.17) is 5.26 Å². The molecule has 15 heavy (non-hydrogen) atoms. The predicted molar refractivity (Wildman–Crippen MR) is 64.2 cm³/mol. The number of allylic oxidation sites excluding steroid dienone is 2. The van der Waals surface area contributed by atoms with Crippen LogP contribution < -0.4 is 0 Å². The van der Waals surface area contributed by atoms with E-state index < -0.39 is 0 Å². The molecule has 1 heteroatoms. The van der Waals surface area contributed by atoms with Gasteiger partial charge in [-0.15, -0.1) is 0 Å². The van der Waals surface area contributed by atoms with Gasteiger partial charge in [0.1, 0.15) is 0 Å². The summed E-state index contributed by atoms with van der Waals surface area (Å²) in [5.74, 6) is 0. The van der Waals surface area contributed by atoms with Crippen LogP contribution in [0.5, 0.6) is 0 Å². The molecular weight excluding hydrogens is 182 g/mol. The lowest BCUT2D eigenvalue weighted by Crippen LogP contribution is -2.00. The number of rotatable bonds is 1. The van der Waals surface area contributed by atoms with Gasteiger partial charge in [0.15, 0.2) is 0 Å². The third-order valence-corrected chi connectivity index (χ3v) is 2.06. The fraction of sp³-hybridized carbons (Fsp3) is 0.357. The van der Waals surface area contributed by atoms with Crippen LogP contribution in [0.3, 0.4) is 0 Å². The van der Waals surface area contributed by atoms with Crippen molar-refractivity contribution >= 4 is 5.57 Å². The molecule has 0 aromatic heterocycles. The normalized spacial score (nSPS) is 12.3. The van der Waals surface area contributed by atoms with Gasteiger partial charge in [0.2, 0.25) is 0 Å². The van der Waals surface area contributed by atoms with E-state index in [-0.39, 0.29) is 5.41 Å². The summed E-state index contributed by atoms with van der Waals surface area (Å²) in [5.41, 5.74) is 3.00. The molecule has 1 nitrogen and oxygen atoms in total. The van der Waals surface area contributed by atoms with Gasteiger partial charge in [-0.2, -0.15) is 5.26 Å². The van der Waals surface area contributed by atoms with E-state index in [1.165, 1.54) is 5.56 Å². The Labute approximate surface area is 92.1 Å². The first kappa shape index (κ1) is 11.5. The molecule has 0 radical (unpaired) electrons. The van der Waals surface area contributed by atoms with E-state index in [2.05, 4.69) is 26.8 Å². The molecule has 0 aliphatic rings. The Balaban J connectivity index is 3.10. The molecule has 0 aliphatic heterocycles. The lowest BCUT2D eigenvalue weighted by Gasteiger charge is -2.13. The summed E-state index contributed by atoms with van der Waals surface area (Å²) in [6, 6.07) is 10.3. The van der Waals surface area contributed by atoms with Crippen molar-refractivity contribution in [1.29, 1.82) is 5.26 Å². The van der Waals surface area contributed by atoms with Crippen LogP contribution in [0.1, 0.15) is 31.9 Å². The summed E-state index contributed by atoms with van der Waals surface area (Å²) >= 11 is 0. The second kappa shape index (κ2) is 4.31. The van der Waals surface area contributed by atoms with E-state index in [1.54, 1.807) is 0 Å². The first-order valence-corrected chi connectivity index (χ1v) is 5.12. The van der Waals surface area contributed by atoms with Gasteiger partial charge in [-0.05, 0) is 17.9 Å². The highest BCUT2D eigenvalue weighted by molar-refractivity contribution is 5.77. The Hall–Kier alpha value is -1.55. The van der Waals surface area contributed by atoms with Crippen molar-refractivity contribution in [3.63, 3.8) is 0 Å². The maximum atomic E-state index is 9.09. The Morgan fingerprint density at radius 2 is 1.73 bits per heavy atom. The van der Waals surface area contributed by atoms with Crippen LogP contribution in [0.4, 0.5) is 0 Å². The average Bonchev–Trinajstić information content (AvgIpc) is 2.14. The summed E-state index contributed by atoms with van der Waals surface area (Å²) in [6.07, 6.45) is 2.01. The van der Waals surface area contributed by atoms with Crippen molar-refractivity contribution in [2.24, 2.45) is 5.41 Å². The molecule has 78 valence electrons. The number of nitriles is 1. The molecule has 0 atom stereocenters. The third-order valence-electron chi connectivity index (χ3n) is 2.06. The quantitative estimate of drug-likeness (QED) is 0.628. The minimum absolute atomic E-state index is 0.0376. The van der Waals surface area contributed by atoms with E-state index in [1.807, 2.05) is 37.3 Å². The number of hydrogen-bond acceptors (Lipinski definition) is 1. The molecule has 1 aromatic carbocycles. The maximum absolute atomic E-state index is 9.09. The van der Waals surface area contributed by atoms with Gasteiger partial charge in [0.05, 0.1) is 11.6 Å². The molecule has 0 aliphatic carbocycles. The fourth-order valence-corrected chi connectivity index (χ4v) is 1.35. The van der Waals surface area contributed by atoms with Crippen molar-refractivity contribution in [3.05, 3.63) is 41.5 Å². The van der Waals surface area contributed by atoms with Crippen molar-refractivity contribution < 1.29 is 0 Å². The van der Waals surface area contributed by atoms with Gasteiger partial charge in [-0.3, -0.25) is 0 Å². The first-order valence-electron chi connectivity index (χ1n) is 5.12. The number of aryl methyl sites for hydroxylation is 1. The smallest absolute Gasteiger partial charge is 0.0994 e. The maximum Gasteiger partial charge on any atom is 0.0994 e. The minimum atomic E-state index is 0.0376. The zero-order valence-corrected chi connectivity index (χ0v) is 9.83. The lowest BCUT2D eigenvalue weighted by atomic mass is 9.91. The van der Waals surface area contributed by atoms with E-state index >= 15 is 0 Å². The van der Waals surface area contributed by atoms with Crippen LogP contribution in [-0.4, -0.2) is 0 Å².